The third kappa shape index (κ3) is 4.49. The van der Waals surface area contributed by atoms with Crippen molar-refractivity contribution in [2.45, 2.75) is 26.1 Å². The Morgan fingerprint density at radius 1 is 1.17 bits per heavy atom. The highest BCUT2D eigenvalue weighted by atomic mass is 127. The Morgan fingerprint density at radius 2 is 1.91 bits per heavy atom. The number of rotatable bonds is 5. The number of aromatic nitrogens is 1. The van der Waals surface area contributed by atoms with Crippen LogP contribution in [0.4, 0.5) is 13.2 Å². The van der Waals surface area contributed by atoms with Crippen LogP contribution in [0.3, 0.4) is 0 Å². The Hall–Kier alpha value is -1.51. The summed E-state index contributed by atoms with van der Waals surface area (Å²) >= 11 is 2.15. The van der Waals surface area contributed by atoms with E-state index in [9.17, 15) is 13.2 Å². The summed E-state index contributed by atoms with van der Waals surface area (Å²) in [6, 6.07) is 6.18. The molecule has 0 fully saturated rings. The molecule has 0 amide bonds. The highest BCUT2D eigenvalue weighted by Gasteiger charge is 2.32. The van der Waals surface area contributed by atoms with Gasteiger partial charge in [0.1, 0.15) is 12.3 Å². The molecule has 124 valence electrons. The lowest BCUT2D eigenvalue weighted by Gasteiger charge is -2.14. The summed E-state index contributed by atoms with van der Waals surface area (Å²) in [6.07, 6.45) is -2.40. The first-order chi connectivity index (χ1) is 10.8. The van der Waals surface area contributed by atoms with Gasteiger partial charge >= 0.3 is 6.18 Å². The molecule has 0 atom stereocenters. The van der Waals surface area contributed by atoms with Gasteiger partial charge in [0.15, 0.2) is 11.5 Å². The van der Waals surface area contributed by atoms with Crippen molar-refractivity contribution in [3.63, 3.8) is 0 Å². The lowest BCUT2D eigenvalue weighted by molar-refractivity contribution is -0.141. The van der Waals surface area contributed by atoms with Gasteiger partial charge in [-0.15, -0.1) is 0 Å². The summed E-state index contributed by atoms with van der Waals surface area (Å²) in [7, 11) is 1.55. The van der Waals surface area contributed by atoms with Crippen LogP contribution >= 0.6 is 22.6 Å². The molecule has 0 N–H and O–H groups in total. The van der Waals surface area contributed by atoms with Crippen LogP contribution in [0, 0.1) is 3.57 Å². The zero-order valence-corrected chi connectivity index (χ0v) is 14.7. The number of ether oxygens (including phenoxy) is 2. The van der Waals surface area contributed by atoms with Crippen LogP contribution in [0.2, 0.25) is 0 Å². The van der Waals surface area contributed by atoms with Crippen molar-refractivity contribution in [2.24, 2.45) is 0 Å². The van der Waals surface area contributed by atoms with E-state index in [2.05, 4.69) is 27.6 Å². The quantitative estimate of drug-likeness (QED) is 0.627. The average Bonchev–Trinajstić information content (AvgIpc) is 2.52. The molecule has 0 radical (unpaired) electrons. The number of nitrogens with zero attached hydrogens (tertiary/aromatic N) is 1. The van der Waals surface area contributed by atoms with Crippen molar-refractivity contribution in [1.82, 2.24) is 4.98 Å². The SMILES string of the molecule is CCc1cc(I)c(OCc2ccc(C(F)(F)F)nc2)c(OC)c1. The van der Waals surface area contributed by atoms with E-state index in [1.807, 2.05) is 19.1 Å². The van der Waals surface area contributed by atoms with Gasteiger partial charge in [0.25, 0.3) is 0 Å². The Balaban J connectivity index is 2.15. The minimum Gasteiger partial charge on any atom is -0.493 e. The van der Waals surface area contributed by atoms with E-state index in [0.717, 1.165) is 21.6 Å². The van der Waals surface area contributed by atoms with Gasteiger partial charge in [0, 0.05) is 11.8 Å². The van der Waals surface area contributed by atoms with E-state index in [0.29, 0.717) is 17.1 Å². The lowest BCUT2D eigenvalue weighted by atomic mass is 10.1. The minimum absolute atomic E-state index is 0.114. The fourth-order valence-electron chi connectivity index (χ4n) is 1.95. The summed E-state index contributed by atoms with van der Waals surface area (Å²) in [5.41, 5.74) is 0.755. The van der Waals surface area contributed by atoms with Gasteiger partial charge in [-0.2, -0.15) is 13.2 Å². The molecule has 0 spiro atoms. The highest BCUT2D eigenvalue weighted by molar-refractivity contribution is 14.1. The fraction of sp³-hybridized carbons (Fsp3) is 0.312. The van der Waals surface area contributed by atoms with Crippen molar-refractivity contribution < 1.29 is 22.6 Å². The van der Waals surface area contributed by atoms with Gasteiger partial charge in [-0.1, -0.05) is 13.0 Å². The van der Waals surface area contributed by atoms with Gasteiger partial charge in [-0.25, -0.2) is 0 Å². The van der Waals surface area contributed by atoms with Crippen LogP contribution in [0.1, 0.15) is 23.7 Å². The van der Waals surface area contributed by atoms with E-state index in [4.69, 9.17) is 9.47 Å². The molecule has 0 bridgehead atoms. The van der Waals surface area contributed by atoms with Crippen LogP contribution in [-0.4, -0.2) is 12.1 Å². The molecule has 1 aromatic heterocycles. The standard InChI is InChI=1S/C16H15F3INO2/c1-3-10-6-12(20)15(13(7-10)22-2)23-9-11-4-5-14(21-8-11)16(17,18)19/h4-8H,3,9H2,1-2H3. The summed E-state index contributed by atoms with van der Waals surface area (Å²) in [5.74, 6) is 1.18. The molecular formula is C16H15F3INO2. The van der Waals surface area contributed by atoms with Crippen molar-refractivity contribution in [3.8, 4) is 11.5 Å². The predicted octanol–water partition coefficient (Wildman–Crippen LogP) is 4.86. The molecule has 23 heavy (non-hydrogen) atoms. The Bertz CT molecular complexity index is 672. The molecule has 2 aromatic rings. The number of halogens is 4. The summed E-state index contributed by atoms with van der Waals surface area (Å²) in [6.45, 7) is 2.15. The molecular weight excluding hydrogens is 422 g/mol. The second-order valence-corrected chi connectivity index (χ2v) is 5.96. The first kappa shape index (κ1) is 17.8. The van der Waals surface area contributed by atoms with E-state index < -0.39 is 11.9 Å². The lowest BCUT2D eigenvalue weighted by Crippen LogP contribution is -2.08. The second kappa shape index (κ2) is 7.37. The molecule has 0 aliphatic carbocycles. The molecule has 1 aromatic carbocycles. The van der Waals surface area contributed by atoms with Crippen LogP contribution < -0.4 is 9.47 Å². The third-order valence-corrected chi connectivity index (χ3v) is 4.00. The Morgan fingerprint density at radius 3 is 2.43 bits per heavy atom. The Kier molecular flexibility index (Phi) is 5.72. The number of aryl methyl sites for hydroxylation is 1. The number of hydrogen-bond donors (Lipinski definition) is 0. The monoisotopic (exact) mass is 437 g/mol. The summed E-state index contributed by atoms with van der Waals surface area (Å²) in [4.78, 5) is 3.42. The maximum absolute atomic E-state index is 12.5. The molecule has 1 heterocycles. The van der Waals surface area contributed by atoms with Crippen LogP contribution in [0.15, 0.2) is 30.5 Å². The Labute approximate surface area is 146 Å². The number of benzene rings is 1. The van der Waals surface area contributed by atoms with E-state index in [-0.39, 0.29) is 6.61 Å². The van der Waals surface area contributed by atoms with Crippen molar-refractivity contribution >= 4 is 22.6 Å². The number of alkyl halides is 3. The average molecular weight is 437 g/mol. The molecule has 0 aliphatic heterocycles. The van der Waals surface area contributed by atoms with Crippen molar-refractivity contribution in [2.75, 3.05) is 7.11 Å². The number of pyridine rings is 1. The topological polar surface area (TPSA) is 31.4 Å². The molecule has 2 rings (SSSR count). The van der Waals surface area contributed by atoms with Gasteiger partial charge in [-0.05, 0) is 52.8 Å². The first-order valence-corrected chi connectivity index (χ1v) is 7.94. The largest absolute Gasteiger partial charge is 0.493 e. The second-order valence-electron chi connectivity index (χ2n) is 4.80. The van der Waals surface area contributed by atoms with Crippen LogP contribution in [-0.2, 0) is 19.2 Å². The van der Waals surface area contributed by atoms with Crippen LogP contribution in [0.5, 0.6) is 11.5 Å². The van der Waals surface area contributed by atoms with E-state index >= 15 is 0 Å². The predicted molar refractivity (Wildman–Crippen MR) is 88.7 cm³/mol. The first-order valence-electron chi connectivity index (χ1n) is 6.86. The van der Waals surface area contributed by atoms with Gasteiger partial charge in [0.05, 0.1) is 10.7 Å². The maximum atomic E-state index is 12.5. The molecule has 0 unspecified atom stereocenters. The van der Waals surface area contributed by atoms with Gasteiger partial charge in [0.2, 0.25) is 0 Å². The molecule has 0 saturated heterocycles. The smallest absolute Gasteiger partial charge is 0.433 e. The zero-order chi connectivity index (χ0) is 17.0. The summed E-state index contributed by atoms with van der Waals surface area (Å²) < 4.78 is 49.4. The van der Waals surface area contributed by atoms with Gasteiger partial charge in [-0.3, -0.25) is 4.98 Å². The van der Waals surface area contributed by atoms with Crippen LogP contribution in [0.25, 0.3) is 0 Å². The molecule has 3 nitrogen and oxygen atoms in total. The van der Waals surface area contributed by atoms with Gasteiger partial charge < -0.3 is 9.47 Å². The zero-order valence-electron chi connectivity index (χ0n) is 12.6. The molecule has 0 aliphatic rings. The summed E-state index contributed by atoms with van der Waals surface area (Å²) in [5, 5.41) is 0. The highest BCUT2D eigenvalue weighted by Crippen LogP contribution is 2.35. The molecule has 0 saturated carbocycles. The molecule has 7 heteroatoms. The number of hydrogen-bond acceptors (Lipinski definition) is 3. The fourth-order valence-corrected chi connectivity index (χ4v) is 2.77. The minimum atomic E-state index is -4.44. The van der Waals surface area contributed by atoms with Crippen molar-refractivity contribution in [1.29, 1.82) is 0 Å². The third-order valence-electron chi connectivity index (χ3n) is 3.20. The van der Waals surface area contributed by atoms with E-state index in [1.165, 1.54) is 12.3 Å². The normalized spacial score (nSPS) is 11.4. The van der Waals surface area contributed by atoms with E-state index in [1.54, 1.807) is 7.11 Å². The number of methoxy groups -OCH3 is 1. The van der Waals surface area contributed by atoms with Crippen molar-refractivity contribution in [3.05, 3.63) is 50.9 Å². The maximum Gasteiger partial charge on any atom is 0.433 e.